The van der Waals surface area contributed by atoms with Crippen LogP contribution in [0.25, 0.3) is 10.8 Å². The van der Waals surface area contributed by atoms with Crippen LogP contribution in [0.4, 0.5) is 11.6 Å². The first-order valence-corrected chi connectivity index (χ1v) is 8.43. The number of hydrogen-bond acceptors (Lipinski definition) is 5. The average Bonchev–Trinajstić information content (AvgIpc) is 2.62. The lowest BCUT2D eigenvalue weighted by molar-refractivity contribution is 0.523. The molecule has 1 fully saturated rings. The highest BCUT2D eigenvalue weighted by Gasteiger charge is 2.21. The van der Waals surface area contributed by atoms with Gasteiger partial charge in [0, 0.05) is 42.5 Å². The topological polar surface area (TPSA) is 53.9 Å². The maximum absolute atomic E-state index is 4.64. The number of nitrogens with one attached hydrogen (secondary N) is 1. The SMILES string of the molecule is Cc1cc(NC2CCN(c3nccc4ccccc34)CC2)ncn1. The van der Waals surface area contributed by atoms with E-state index in [1.807, 2.05) is 19.2 Å². The van der Waals surface area contributed by atoms with Crippen LogP contribution in [0.3, 0.4) is 0 Å². The number of nitrogens with zero attached hydrogens (tertiary/aromatic N) is 4. The molecule has 0 spiro atoms. The molecule has 0 aliphatic carbocycles. The van der Waals surface area contributed by atoms with E-state index in [2.05, 4.69) is 55.5 Å². The van der Waals surface area contributed by atoms with Crippen LogP contribution < -0.4 is 10.2 Å². The first-order valence-electron chi connectivity index (χ1n) is 8.43. The molecule has 0 saturated carbocycles. The summed E-state index contributed by atoms with van der Waals surface area (Å²) in [5, 5.41) is 6.02. The maximum atomic E-state index is 4.64. The largest absolute Gasteiger partial charge is 0.367 e. The minimum atomic E-state index is 0.450. The Kier molecular flexibility index (Phi) is 3.99. The smallest absolute Gasteiger partial charge is 0.136 e. The Morgan fingerprint density at radius 3 is 2.71 bits per heavy atom. The van der Waals surface area contributed by atoms with Crippen molar-refractivity contribution in [2.75, 3.05) is 23.3 Å². The van der Waals surface area contributed by atoms with Crippen molar-refractivity contribution in [3.63, 3.8) is 0 Å². The monoisotopic (exact) mass is 319 g/mol. The van der Waals surface area contributed by atoms with Gasteiger partial charge in [-0.3, -0.25) is 0 Å². The Morgan fingerprint density at radius 2 is 1.88 bits per heavy atom. The summed E-state index contributed by atoms with van der Waals surface area (Å²) in [5.41, 5.74) is 0.991. The van der Waals surface area contributed by atoms with Crippen LogP contribution in [-0.2, 0) is 0 Å². The van der Waals surface area contributed by atoms with Gasteiger partial charge in [0.2, 0.25) is 0 Å². The minimum absolute atomic E-state index is 0.450. The fraction of sp³-hybridized carbons (Fsp3) is 0.316. The van der Waals surface area contributed by atoms with Crippen LogP contribution in [0.2, 0.25) is 0 Å². The molecule has 0 atom stereocenters. The molecular formula is C19H21N5. The van der Waals surface area contributed by atoms with Crippen molar-refractivity contribution in [3.8, 4) is 0 Å². The van der Waals surface area contributed by atoms with Crippen molar-refractivity contribution in [2.24, 2.45) is 0 Å². The highest BCUT2D eigenvalue weighted by atomic mass is 15.2. The molecule has 3 aromatic rings. The molecule has 24 heavy (non-hydrogen) atoms. The fourth-order valence-electron chi connectivity index (χ4n) is 3.33. The lowest BCUT2D eigenvalue weighted by Crippen LogP contribution is -2.39. The Bertz CT molecular complexity index is 835. The van der Waals surface area contributed by atoms with Crippen molar-refractivity contribution < 1.29 is 0 Å². The van der Waals surface area contributed by atoms with Gasteiger partial charge in [-0.1, -0.05) is 24.3 Å². The van der Waals surface area contributed by atoms with Crippen molar-refractivity contribution in [3.05, 3.63) is 54.6 Å². The number of aromatic nitrogens is 3. The van der Waals surface area contributed by atoms with Gasteiger partial charge in [-0.2, -0.15) is 0 Å². The number of piperidine rings is 1. The van der Waals surface area contributed by atoms with Crippen molar-refractivity contribution >= 4 is 22.4 Å². The zero-order valence-corrected chi connectivity index (χ0v) is 13.8. The summed E-state index contributed by atoms with van der Waals surface area (Å²) in [6.45, 7) is 3.99. The highest BCUT2D eigenvalue weighted by molar-refractivity contribution is 5.92. The summed E-state index contributed by atoms with van der Waals surface area (Å²) >= 11 is 0. The van der Waals surface area contributed by atoms with Gasteiger partial charge in [0.25, 0.3) is 0 Å². The molecular weight excluding hydrogens is 298 g/mol. The lowest BCUT2D eigenvalue weighted by Gasteiger charge is -2.34. The molecule has 3 heterocycles. The molecule has 0 unspecified atom stereocenters. The van der Waals surface area contributed by atoms with Gasteiger partial charge < -0.3 is 10.2 Å². The van der Waals surface area contributed by atoms with Crippen LogP contribution in [0, 0.1) is 6.92 Å². The molecule has 1 N–H and O–H groups in total. The molecule has 1 aliphatic heterocycles. The Hall–Kier alpha value is -2.69. The molecule has 0 radical (unpaired) electrons. The molecule has 1 aromatic carbocycles. The molecule has 1 saturated heterocycles. The first kappa shape index (κ1) is 14.9. The van der Waals surface area contributed by atoms with E-state index < -0.39 is 0 Å². The summed E-state index contributed by atoms with van der Waals surface area (Å²) in [5.74, 6) is 2.02. The third kappa shape index (κ3) is 3.02. The van der Waals surface area contributed by atoms with Gasteiger partial charge in [0.15, 0.2) is 0 Å². The zero-order valence-electron chi connectivity index (χ0n) is 13.8. The van der Waals surface area contributed by atoms with Crippen LogP contribution >= 0.6 is 0 Å². The van der Waals surface area contributed by atoms with E-state index in [-0.39, 0.29) is 0 Å². The fourth-order valence-corrected chi connectivity index (χ4v) is 3.33. The number of fused-ring (bicyclic) bond motifs is 1. The third-order valence-electron chi connectivity index (χ3n) is 4.60. The van der Waals surface area contributed by atoms with E-state index in [1.165, 1.54) is 10.8 Å². The minimum Gasteiger partial charge on any atom is -0.367 e. The number of hydrogen-bond donors (Lipinski definition) is 1. The van der Waals surface area contributed by atoms with E-state index in [0.29, 0.717) is 6.04 Å². The molecule has 2 aromatic heterocycles. The Balaban J connectivity index is 1.46. The van der Waals surface area contributed by atoms with E-state index in [4.69, 9.17) is 0 Å². The second-order valence-electron chi connectivity index (χ2n) is 6.31. The zero-order chi connectivity index (χ0) is 16.4. The summed E-state index contributed by atoms with van der Waals surface area (Å²) in [6, 6.07) is 13.0. The Morgan fingerprint density at radius 1 is 1.04 bits per heavy atom. The predicted molar refractivity (Wildman–Crippen MR) is 97.4 cm³/mol. The third-order valence-corrected chi connectivity index (χ3v) is 4.60. The molecule has 122 valence electrons. The van der Waals surface area contributed by atoms with Gasteiger partial charge in [-0.05, 0) is 31.2 Å². The molecule has 0 amide bonds. The van der Waals surface area contributed by atoms with E-state index in [1.54, 1.807) is 6.33 Å². The van der Waals surface area contributed by atoms with Crippen molar-refractivity contribution in [1.82, 2.24) is 15.0 Å². The summed E-state index contributed by atoms with van der Waals surface area (Å²) in [6.07, 6.45) is 5.68. The van der Waals surface area contributed by atoms with Crippen molar-refractivity contribution in [2.45, 2.75) is 25.8 Å². The number of aryl methyl sites for hydroxylation is 1. The molecule has 1 aliphatic rings. The second-order valence-corrected chi connectivity index (χ2v) is 6.31. The predicted octanol–water partition coefficient (Wildman–Crippen LogP) is 3.41. The van der Waals surface area contributed by atoms with Crippen LogP contribution in [0.15, 0.2) is 48.9 Å². The summed E-state index contributed by atoms with van der Waals surface area (Å²) in [7, 11) is 0. The quantitative estimate of drug-likeness (QED) is 0.802. The Labute approximate surface area is 141 Å². The average molecular weight is 319 g/mol. The molecule has 5 heteroatoms. The van der Waals surface area contributed by atoms with Gasteiger partial charge in [0.05, 0.1) is 0 Å². The van der Waals surface area contributed by atoms with E-state index in [9.17, 15) is 0 Å². The van der Waals surface area contributed by atoms with E-state index in [0.717, 1.165) is 43.3 Å². The number of rotatable bonds is 3. The normalized spacial score (nSPS) is 15.6. The molecule has 5 nitrogen and oxygen atoms in total. The number of benzene rings is 1. The summed E-state index contributed by atoms with van der Waals surface area (Å²) in [4.78, 5) is 15.5. The van der Waals surface area contributed by atoms with Gasteiger partial charge >= 0.3 is 0 Å². The first-order chi connectivity index (χ1) is 11.8. The van der Waals surface area contributed by atoms with Crippen LogP contribution in [0.1, 0.15) is 18.5 Å². The van der Waals surface area contributed by atoms with Crippen LogP contribution in [0.5, 0.6) is 0 Å². The van der Waals surface area contributed by atoms with E-state index >= 15 is 0 Å². The standard InChI is InChI=1S/C19H21N5/c1-14-12-18(22-13-21-14)23-16-7-10-24(11-8-16)19-17-5-3-2-4-15(17)6-9-20-19/h2-6,9,12-13,16H,7-8,10-11H2,1H3,(H,21,22,23). The van der Waals surface area contributed by atoms with Gasteiger partial charge in [-0.25, -0.2) is 15.0 Å². The van der Waals surface area contributed by atoms with Crippen molar-refractivity contribution in [1.29, 1.82) is 0 Å². The number of pyridine rings is 1. The maximum Gasteiger partial charge on any atom is 0.136 e. The lowest BCUT2D eigenvalue weighted by atomic mass is 10.0. The molecule has 4 rings (SSSR count). The second kappa shape index (κ2) is 6.43. The summed E-state index contributed by atoms with van der Waals surface area (Å²) < 4.78 is 0. The van der Waals surface area contributed by atoms with Gasteiger partial charge in [0.1, 0.15) is 18.0 Å². The van der Waals surface area contributed by atoms with Crippen LogP contribution in [-0.4, -0.2) is 34.1 Å². The highest BCUT2D eigenvalue weighted by Crippen LogP contribution is 2.27. The number of anilines is 2. The molecule has 0 bridgehead atoms. The van der Waals surface area contributed by atoms with Gasteiger partial charge in [-0.15, -0.1) is 0 Å².